The van der Waals surface area contributed by atoms with E-state index in [9.17, 15) is 9.59 Å². The molecule has 5 nitrogen and oxygen atoms in total. The number of hydrogen-bond acceptors (Lipinski definition) is 4. The Morgan fingerprint density at radius 1 is 1.07 bits per heavy atom. The largest absolute Gasteiger partial charge is 0.349 e. The number of nitrogens with zero attached hydrogens (tertiary/aromatic N) is 1. The molecular formula is C23H21N3O2S. The highest BCUT2D eigenvalue weighted by Crippen LogP contribution is 2.23. The summed E-state index contributed by atoms with van der Waals surface area (Å²) in [4.78, 5) is 28.6. The Balaban J connectivity index is 1.32. The summed E-state index contributed by atoms with van der Waals surface area (Å²) in [5.41, 5.74) is 4.18. The minimum atomic E-state index is -0.210. The van der Waals surface area contributed by atoms with E-state index in [-0.39, 0.29) is 11.8 Å². The number of hydrogen-bond donors (Lipinski definition) is 2. The van der Waals surface area contributed by atoms with Crippen molar-refractivity contribution in [2.45, 2.75) is 25.8 Å². The lowest BCUT2D eigenvalue weighted by Gasteiger charge is -2.04. The maximum atomic E-state index is 12.2. The number of amides is 2. The smallest absolute Gasteiger partial charge is 0.251 e. The molecule has 1 saturated carbocycles. The first-order valence-electron chi connectivity index (χ1n) is 9.49. The van der Waals surface area contributed by atoms with Crippen LogP contribution >= 0.6 is 11.3 Å². The summed E-state index contributed by atoms with van der Waals surface area (Å²) in [7, 11) is 0. The Morgan fingerprint density at radius 2 is 1.79 bits per heavy atom. The first kappa shape index (κ1) is 19.1. The van der Waals surface area contributed by atoms with E-state index in [1.165, 1.54) is 6.08 Å². The summed E-state index contributed by atoms with van der Waals surface area (Å²) < 4.78 is 0. The fourth-order valence-corrected chi connectivity index (χ4v) is 3.44. The van der Waals surface area contributed by atoms with Gasteiger partial charge in [0.1, 0.15) is 0 Å². The second kappa shape index (κ2) is 8.41. The van der Waals surface area contributed by atoms with Crippen LogP contribution < -0.4 is 10.6 Å². The molecule has 0 spiro atoms. The standard InChI is InChI=1S/C23H21N3O2S/c1-15-24-21(14-29-15)17-7-9-19(10-8-17)25-22(27)13-4-16-2-5-18(6-3-16)23(28)26-20-11-12-20/h2-10,13-14,20H,11-12H2,1H3,(H,25,27)(H,26,28)/b13-4+. The molecule has 146 valence electrons. The molecule has 0 atom stereocenters. The van der Waals surface area contributed by atoms with Crippen molar-refractivity contribution >= 4 is 34.9 Å². The molecule has 1 fully saturated rings. The molecule has 6 heteroatoms. The Kier molecular flexibility index (Phi) is 5.53. The fraction of sp³-hybridized carbons (Fsp3) is 0.174. The van der Waals surface area contributed by atoms with E-state index in [1.54, 1.807) is 29.5 Å². The molecule has 0 unspecified atom stereocenters. The molecular weight excluding hydrogens is 382 g/mol. The van der Waals surface area contributed by atoms with Gasteiger partial charge in [-0.3, -0.25) is 9.59 Å². The van der Waals surface area contributed by atoms with E-state index < -0.39 is 0 Å². The Morgan fingerprint density at radius 3 is 2.41 bits per heavy atom. The van der Waals surface area contributed by atoms with Crippen LogP contribution in [0.5, 0.6) is 0 Å². The van der Waals surface area contributed by atoms with Crippen molar-refractivity contribution in [1.82, 2.24) is 10.3 Å². The van der Waals surface area contributed by atoms with Gasteiger partial charge in [-0.05, 0) is 55.7 Å². The van der Waals surface area contributed by atoms with Gasteiger partial charge in [0, 0.05) is 34.3 Å². The van der Waals surface area contributed by atoms with Crippen LogP contribution in [0.15, 0.2) is 60.0 Å². The summed E-state index contributed by atoms with van der Waals surface area (Å²) >= 11 is 1.61. The molecule has 3 aromatic rings. The average Bonchev–Trinajstić information content (AvgIpc) is 3.44. The highest BCUT2D eigenvalue weighted by Gasteiger charge is 2.23. The predicted octanol–water partition coefficient (Wildman–Crippen LogP) is 4.66. The maximum absolute atomic E-state index is 12.2. The minimum absolute atomic E-state index is 0.0444. The normalized spacial score (nSPS) is 13.4. The zero-order valence-electron chi connectivity index (χ0n) is 16.0. The van der Waals surface area contributed by atoms with E-state index in [4.69, 9.17) is 0 Å². The predicted molar refractivity (Wildman–Crippen MR) is 117 cm³/mol. The van der Waals surface area contributed by atoms with Crippen molar-refractivity contribution in [3.05, 3.63) is 76.1 Å². The molecule has 0 radical (unpaired) electrons. The number of rotatable bonds is 6. The second-order valence-electron chi connectivity index (χ2n) is 7.02. The summed E-state index contributed by atoms with van der Waals surface area (Å²) in [6.45, 7) is 1.98. The molecule has 0 aliphatic heterocycles. The number of carbonyl (C=O) groups excluding carboxylic acids is 2. The van der Waals surface area contributed by atoms with E-state index in [1.807, 2.05) is 48.7 Å². The van der Waals surface area contributed by atoms with Crippen LogP contribution in [0.4, 0.5) is 5.69 Å². The molecule has 2 N–H and O–H groups in total. The molecule has 2 amide bonds. The van der Waals surface area contributed by atoms with Gasteiger partial charge >= 0.3 is 0 Å². The molecule has 0 saturated heterocycles. The van der Waals surface area contributed by atoms with Gasteiger partial charge in [0.15, 0.2) is 0 Å². The van der Waals surface area contributed by atoms with Gasteiger partial charge in [0.05, 0.1) is 10.7 Å². The maximum Gasteiger partial charge on any atom is 0.251 e. The van der Waals surface area contributed by atoms with Gasteiger partial charge in [0.2, 0.25) is 5.91 Å². The van der Waals surface area contributed by atoms with Crippen molar-refractivity contribution in [2.75, 3.05) is 5.32 Å². The molecule has 1 aromatic heterocycles. The van der Waals surface area contributed by atoms with E-state index in [0.29, 0.717) is 11.6 Å². The number of anilines is 1. The molecule has 29 heavy (non-hydrogen) atoms. The Hall–Kier alpha value is -3.25. The first-order valence-corrected chi connectivity index (χ1v) is 10.4. The van der Waals surface area contributed by atoms with Crippen LogP contribution in [0.3, 0.4) is 0 Å². The number of nitrogens with one attached hydrogen (secondary N) is 2. The third-order valence-electron chi connectivity index (χ3n) is 4.58. The van der Waals surface area contributed by atoms with Crippen LogP contribution in [0.25, 0.3) is 17.3 Å². The van der Waals surface area contributed by atoms with Crippen LogP contribution in [-0.4, -0.2) is 22.8 Å². The number of benzene rings is 2. The number of aryl methyl sites for hydroxylation is 1. The Labute approximate surface area is 173 Å². The van der Waals surface area contributed by atoms with Crippen LogP contribution in [0, 0.1) is 6.92 Å². The van der Waals surface area contributed by atoms with Gasteiger partial charge in [-0.1, -0.05) is 24.3 Å². The molecule has 0 bridgehead atoms. The Bertz CT molecular complexity index is 1050. The first-order chi connectivity index (χ1) is 14.1. The molecule has 1 aliphatic rings. The van der Waals surface area contributed by atoms with Gasteiger partial charge in [-0.15, -0.1) is 11.3 Å². The number of carbonyl (C=O) groups is 2. The van der Waals surface area contributed by atoms with Crippen LogP contribution in [-0.2, 0) is 4.79 Å². The second-order valence-corrected chi connectivity index (χ2v) is 8.08. The number of thiazole rings is 1. The van der Waals surface area contributed by atoms with Crippen molar-refractivity contribution < 1.29 is 9.59 Å². The average molecular weight is 404 g/mol. The summed E-state index contributed by atoms with van der Waals surface area (Å²) in [6.07, 6.45) is 5.34. The van der Waals surface area contributed by atoms with Gasteiger partial charge in [-0.2, -0.15) is 0 Å². The highest BCUT2D eigenvalue weighted by atomic mass is 32.1. The minimum Gasteiger partial charge on any atom is -0.349 e. The van der Waals surface area contributed by atoms with Crippen LogP contribution in [0.2, 0.25) is 0 Å². The monoisotopic (exact) mass is 403 g/mol. The lowest BCUT2D eigenvalue weighted by molar-refractivity contribution is -0.111. The summed E-state index contributed by atoms with van der Waals surface area (Å²) in [6, 6.07) is 15.2. The topological polar surface area (TPSA) is 71.1 Å². The van der Waals surface area contributed by atoms with Gasteiger partial charge < -0.3 is 10.6 Å². The molecule has 1 heterocycles. The van der Waals surface area contributed by atoms with Gasteiger partial charge in [-0.25, -0.2) is 4.98 Å². The molecule has 4 rings (SSSR count). The van der Waals surface area contributed by atoms with Crippen LogP contribution in [0.1, 0.15) is 33.8 Å². The van der Waals surface area contributed by atoms with Crippen molar-refractivity contribution in [1.29, 1.82) is 0 Å². The molecule has 2 aromatic carbocycles. The van der Waals surface area contributed by atoms with E-state index in [2.05, 4.69) is 15.6 Å². The number of aromatic nitrogens is 1. The van der Waals surface area contributed by atoms with Crippen molar-refractivity contribution in [3.8, 4) is 11.3 Å². The van der Waals surface area contributed by atoms with Gasteiger partial charge in [0.25, 0.3) is 5.91 Å². The lowest BCUT2D eigenvalue weighted by Crippen LogP contribution is -2.25. The van der Waals surface area contributed by atoms with Crippen molar-refractivity contribution in [3.63, 3.8) is 0 Å². The van der Waals surface area contributed by atoms with Crippen molar-refractivity contribution in [2.24, 2.45) is 0 Å². The zero-order chi connectivity index (χ0) is 20.2. The lowest BCUT2D eigenvalue weighted by atomic mass is 10.1. The fourth-order valence-electron chi connectivity index (χ4n) is 2.82. The quantitative estimate of drug-likeness (QED) is 0.588. The summed E-state index contributed by atoms with van der Waals surface area (Å²) in [5, 5.41) is 8.85. The summed E-state index contributed by atoms with van der Waals surface area (Å²) in [5.74, 6) is -0.255. The third kappa shape index (κ3) is 5.18. The van der Waals surface area contributed by atoms with E-state index >= 15 is 0 Å². The van der Waals surface area contributed by atoms with E-state index in [0.717, 1.165) is 40.4 Å². The SMILES string of the molecule is Cc1nc(-c2ccc(NC(=O)/C=C/c3ccc(C(=O)NC4CC4)cc3)cc2)cs1. The zero-order valence-corrected chi connectivity index (χ0v) is 16.8. The third-order valence-corrected chi connectivity index (χ3v) is 5.35. The highest BCUT2D eigenvalue weighted by molar-refractivity contribution is 7.09. The molecule has 1 aliphatic carbocycles.